The molecular formula is C26H34N4O4S. The van der Waals surface area contributed by atoms with Gasteiger partial charge in [-0.25, -0.2) is 4.98 Å². The van der Waals surface area contributed by atoms with E-state index in [0.29, 0.717) is 25.4 Å². The van der Waals surface area contributed by atoms with E-state index < -0.39 is 0 Å². The molecule has 0 aliphatic carbocycles. The van der Waals surface area contributed by atoms with Crippen LogP contribution in [0.4, 0.5) is 5.13 Å². The third-order valence-corrected chi connectivity index (χ3v) is 6.47. The molecule has 0 aliphatic rings. The van der Waals surface area contributed by atoms with Crippen LogP contribution >= 0.6 is 11.3 Å². The van der Waals surface area contributed by atoms with Crippen molar-refractivity contribution in [3.05, 3.63) is 59.0 Å². The SMILES string of the molecule is CCc1sc(NCCOC)nc1-c1ccc(OCCCCCOc2ccc(C(N)=NO)cc2)cc1. The number of thiazole rings is 1. The molecule has 1 aromatic heterocycles. The van der Waals surface area contributed by atoms with Crippen molar-refractivity contribution in [2.45, 2.75) is 32.6 Å². The zero-order valence-electron chi connectivity index (χ0n) is 20.3. The van der Waals surface area contributed by atoms with E-state index >= 15 is 0 Å². The molecule has 2 aromatic carbocycles. The van der Waals surface area contributed by atoms with Crippen LogP contribution in [0.25, 0.3) is 11.3 Å². The maximum Gasteiger partial charge on any atom is 0.183 e. The number of oxime groups is 1. The molecule has 0 radical (unpaired) electrons. The number of unbranched alkanes of at least 4 members (excludes halogenated alkanes) is 2. The number of benzene rings is 2. The zero-order chi connectivity index (χ0) is 24.9. The van der Waals surface area contributed by atoms with E-state index in [2.05, 4.69) is 29.5 Å². The summed E-state index contributed by atoms with van der Waals surface area (Å²) in [5.74, 6) is 1.71. The average Bonchev–Trinajstić information content (AvgIpc) is 3.31. The molecule has 9 heteroatoms. The number of nitrogens with two attached hydrogens (primary N) is 1. The minimum absolute atomic E-state index is 0.0835. The molecule has 0 amide bonds. The molecule has 8 nitrogen and oxygen atoms in total. The van der Waals surface area contributed by atoms with Gasteiger partial charge in [-0.3, -0.25) is 0 Å². The van der Waals surface area contributed by atoms with Gasteiger partial charge in [0.2, 0.25) is 0 Å². The van der Waals surface area contributed by atoms with Gasteiger partial charge in [-0.1, -0.05) is 12.1 Å². The number of nitrogens with zero attached hydrogens (tertiary/aromatic N) is 2. The Morgan fingerprint density at radius 3 is 2.17 bits per heavy atom. The second kappa shape index (κ2) is 14.2. The number of hydrogen-bond acceptors (Lipinski definition) is 8. The number of nitrogens with one attached hydrogen (secondary N) is 1. The number of amidine groups is 1. The first kappa shape index (κ1) is 26.3. The van der Waals surface area contributed by atoms with Gasteiger partial charge in [-0.2, -0.15) is 0 Å². The number of aryl methyl sites for hydroxylation is 1. The number of rotatable bonds is 15. The molecule has 1 heterocycles. The van der Waals surface area contributed by atoms with Gasteiger partial charge >= 0.3 is 0 Å². The van der Waals surface area contributed by atoms with E-state index in [-0.39, 0.29) is 5.84 Å². The molecule has 0 spiro atoms. The molecule has 0 bridgehead atoms. The quantitative estimate of drug-likeness (QED) is 0.0873. The summed E-state index contributed by atoms with van der Waals surface area (Å²) in [6.07, 6.45) is 3.85. The van der Waals surface area contributed by atoms with Gasteiger partial charge < -0.3 is 30.5 Å². The Kier molecular flexibility index (Phi) is 10.7. The van der Waals surface area contributed by atoms with Gasteiger partial charge in [0, 0.05) is 29.7 Å². The molecule has 188 valence electrons. The van der Waals surface area contributed by atoms with Gasteiger partial charge in [-0.05, 0) is 74.2 Å². The highest BCUT2D eigenvalue weighted by atomic mass is 32.1. The van der Waals surface area contributed by atoms with Crippen LogP contribution in [0.3, 0.4) is 0 Å². The van der Waals surface area contributed by atoms with E-state index in [4.69, 9.17) is 30.1 Å². The Bertz CT molecular complexity index is 1050. The van der Waals surface area contributed by atoms with E-state index in [1.54, 1.807) is 30.6 Å². The summed E-state index contributed by atoms with van der Waals surface area (Å²) in [5.41, 5.74) is 8.34. The third kappa shape index (κ3) is 8.15. The van der Waals surface area contributed by atoms with Gasteiger partial charge in [-0.15, -0.1) is 11.3 Å². The molecule has 0 atom stereocenters. The van der Waals surface area contributed by atoms with Crippen molar-refractivity contribution in [3.63, 3.8) is 0 Å². The van der Waals surface area contributed by atoms with Crippen molar-refractivity contribution in [1.82, 2.24) is 4.98 Å². The Labute approximate surface area is 210 Å². The Morgan fingerprint density at radius 1 is 0.971 bits per heavy atom. The molecule has 0 saturated heterocycles. The van der Waals surface area contributed by atoms with Crippen LogP contribution in [-0.2, 0) is 11.2 Å². The topological polar surface area (TPSA) is 111 Å². The van der Waals surface area contributed by atoms with Crippen LogP contribution in [0.5, 0.6) is 11.5 Å². The van der Waals surface area contributed by atoms with Crippen LogP contribution in [0.2, 0.25) is 0 Å². The fourth-order valence-electron chi connectivity index (χ4n) is 3.40. The molecule has 4 N–H and O–H groups in total. The summed E-state index contributed by atoms with van der Waals surface area (Å²) in [6.45, 7) is 4.85. The van der Waals surface area contributed by atoms with Crippen molar-refractivity contribution < 1.29 is 19.4 Å². The predicted octanol–water partition coefficient (Wildman–Crippen LogP) is 5.15. The van der Waals surface area contributed by atoms with Gasteiger partial charge in [0.1, 0.15) is 11.5 Å². The lowest BCUT2D eigenvalue weighted by Gasteiger charge is -2.09. The molecule has 3 aromatic rings. The monoisotopic (exact) mass is 498 g/mol. The molecule has 0 aliphatic heterocycles. The van der Waals surface area contributed by atoms with E-state index in [1.807, 2.05) is 24.3 Å². The predicted molar refractivity (Wildman–Crippen MR) is 141 cm³/mol. The van der Waals surface area contributed by atoms with E-state index in [1.165, 1.54) is 4.88 Å². The zero-order valence-corrected chi connectivity index (χ0v) is 21.1. The Morgan fingerprint density at radius 2 is 1.60 bits per heavy atom. The lowest BCUT2D eigenvalue weighted by atomic mass is 10.1. The molecule has 0 unspecified atom stereocenters. The summed E-state index contributed by atoms with van der Waals surface area (Å²) in [7, 11) is 1.70. The standard InChI is InChI=1S/C26H34N4O4S/c1-3-23-24(29-26(35-23)28-15-18-32-2)19-7-11-21(12-8-19)33-16-5-4-6-17-34-22-13-9-20(10-14-22)25(27)30-31/h7-14,31H,3-6,15-18H2,1-2H3,(H2,27,30)(H,28,29). The maximum atomic E-state index is 8.70. The second-order valence-electron chi connectivity index (χ2n) is 7.86. The number of methoxy groups -OCH3 is 1. The minimum Gasteiger partial charge on any atom is -0.494 e. The lowest BCUT2D eigenvalue weighted by Crippen LogP contribution is -2.12. The molecule has 0 saturated carbocycles. The van der Waals surface area contributed by atoms with Crippen LogP contribution < -0.4 is 20.5 Å². The Hall–Kier alpha value is -3.30. The first-order valence-corrected chi connectivity index (χ1v) is 12.6. The van der Waals surface area contributed by atoms with Crippen molar-refractivity contribution in [3.8, 4) is 22.8 Å². The normalized spacial score (nSPS) is 11.4. The fourth-order valence-corrected chi connectivity index (χ4v) is 4.35. The van der Waals surface area contributed by atoms with Gasteiger partial charge in [0.25, 0.3) is 0 Å². The first-order valence-electron chi connectivity index (χ1n) is 11.8. The van der Waals surface area contributed by atoms with Crippen LogP contribution in [-0.4, -0.2) is 49.5 Å². The number of ether oxygens (including phenoxy) is 3. The van der Waals surface area contributed by atoms with Crippen molar-refractivity contribution in [2.24, 2.45) is 10.9 Å². The summed E-state index contributed by atoms with van der Waals surface area (Å²) in [5, 5.41) is 15.9. The summed E-state index contributed by atoms with van der Waals surface area (Å²) in [4.78, 5) is 6.04. The largest absolute Gasteiger partial charge is 0.494 e. The van der Waals surface area contributed by atoms with Crippen LogP contribution in [0.15, 0.2) is 53.7 Å². The second-order valence-corrected chi connectivity index (χ2v) is 8.94. The number of anilines is 1. The van der Waals surface area contributed by atoms with E-state index in [0.717, 1.165) is 60.1 Å². The third-order valence-electron chi connectivity index (χ3n) is 5.31. The molecular weight excluding hydrogens is 464 g/mol. The summed E-state index contributed by atoms with van der Waals surface area (Å²) in [6, 6.07) is 15.3. The van der Waals surface area contributed by atoms with Crippen LogP contribution in [0.1, 0.15) is 36.6 Å². The fraction of sp³-hybridized carbons (Fsp3) is 0.385. The van der Waals surface area contributed by atoms with Crippen LogP contribution in [0, 0.1) is 0 Å². The lowest BCUT2D eigenvalue weighted by molar-refractivity contribution is 0.211. The van der Waals surface area contributed by atoms with Crippen molar-refractivity contribution >= 4 is 22.3 Å². The smallest absolute Gasteiger partial charge is 0.183 e. The average molecular weight is 499 g/mol. The van der Waals surface area contributed by atoms with Crippen molar-refractivity contribution in [1.29, 1.82) is 0 Å². The highest BCUT2D eigenvalue weighted by molar-refractivity contribution is 7.16. The number of aromatic nitrogens is 1. The highest BCUT2D eigenvalue weighted by Crippen LogP contribution is 2.32. The van der Waals surface area contributed by atoms with Crippen molar-refractivity contribution in [2.75, 3.05) is 38.8 Å². The van der Waals surface area contributed by atoms with E-state index in [9.17, 15) is 0 Å². The van der Waals surface area contributed by atoms with Gasteiger partial charge in [0.15, 0.2) is 11.0 Å². The molecule has 35 heavy (non-hydrogen) atoms. The summed E-state index contributed by atoms with van der Waals surface area (Å²) >= 11 is 1.70. The Balaban J connectivity index is 1.36. The number of hydrogen-bond donors (Lipinski definition) is 3. The maximum absolute atomic E-state index is 8.70. The highest BCUT2D eigenvalue weighted by Gasteiger charge is 2.12. The molecule has 0 fully saturated rings. The molecule has 3 rings (SSSR count). The first-order chi connectivity index (χ1) is 17.1. The minimum atomic E-state index is 0.0835. The summed E-state index contributed by atoms with van der Waals surface area (Å²) < 4.78 is 16.7. The van der Waals surface area contributed by atoms with Gasteiger partial charge in [0.05, 0.1) is 25.5 Å².